The van der Waals surface area contributed by atoms with Crippen molar-refractivity contribution < 1.29 is 13.3 Å². The Morgan fingerprint density at radius 3 is 2.50 bits per heavy atom. The lowest BCUT2D eigenvalue weighted by Crippen LogP contribution is -3.13. The molecule has 1 heterocycles. The number of aryl methyl sites for hydroxylation is 2. The Balaban J connectivity index is 1.79. The SMILES string of the molecule is Cc1ccc(S(=O)(=O)NCCC[NH+]2CCC(C)CC2)cc1C. The zero-order chi connectivity index (χ0) is 16.2. The molecule has 0 atom stereocenters. The summed E-state index contributed by atoms with van der Waals surface area (Å²) >= 11 is 0. The Hall–Kier alpha value is -0.910. The molecule has 0 saturated carbocycles. The highest BCUT2D eigenvalue weighted by atomic mass is 32.2. The Kier molecular flexibility index (Phi) is 6.01. The van der Waals surface area contributed by atoms with E-state index in [9.17, 15) is 8.42 Å². The van der Waals surface area contributed by atoms with E-state index in [2.05, 4.69) is 11.6 Å². The van der Waals surface area contributed by atoms with Crippen LogP contribution < -0.4 is 9.62 Å². The molecule has 0 aromatic heterocycles. The maximum absolute atomic E-state index is 12.3. The van der Waals surface area contributed by atoms with Crippen LogP contribution in [0.1, 0.15) is 37.3 Å². The summed E-state index contributed by atoms with van der Waals surface area (Å²) in [6.45, 7) is 10.3. The Morgan fingerprint density at radius 1 is 1.18 bits per heavy atom. The average molecular weight is 325 g/mol. The molecule has 0 aliphatic carbocycles. The summed E-state index contributed by atoms with van der Waals surface area (Å²) in [5, 5.41) is 0. The van der Waals surface area contributed by atoms with Crippen molar-refractivity contribution in [1.29, 1.82) is 0 Å². The van der Waals surface area contributed by atoms with Gasteiger partial charge in [0, 0.05) is 13.0 Å². The zero-order valence-electron chi connectivity index (χ0n) is 14.0. The minimum Gasteiger partial charge on any atom is -0.335 e. The molecule has 2 N–H and O–H groups in total. The minimum atomic E-state index is -3.37. The van der Waals surface area contributed by atoms with Crippen molar-refractivity contribution in [3.05, 3.63) is 29.3 Å². The van der Waals surface area contributed by atoms with Crippen LogP contribution in [-0.2, 0) is 10.0 Å². The summed E-state index contributed by atoms with van der Waals surface area (Å²) in [6, 6.07) is 5.29. The third-order valence-electron chi connectivity index (χ3n) is 4.77. The van der Waals surface area contributed by atoms with Crippen molar-refractivity contribution in [2.75, 3.05) is 26.2 Å². The fourth-order valence-corrected chi connectivity index (χ4v) is 4.09. The van der Waals surface area contributed by atoms with E-state index >= 15 is 0 Å². The van der Waals surface area contributed by atoms with E-state index in [4.69, 9.17) is 0 Å². The second kappa shape index (κ2) is 7.57. The standard InChI is InChI=1S/C17H28N2O2S/c1-14-7-11-19(12-8-14)10-4-9-18-22(20,21)17-6-5-15(2)16(3)13-17/h5-6,13-14,18H,4,7-12H2,1-3H3/p+1. The molecule has 1 aromatic rings. The van der Waals surface area contributed by atoms with Crippen LogP contribution in [0.2, 0.25) is 0 Å². The second-order valence-electron chi connectivity index (χ2n) is 6.68. The fourth-order valence-electron chi connectivity index (χ4n) is 2.93. The van der Waals surface area contributed by atoms with Crippen LogP contribution in [0.4, 0.5) is 0 Å². The summed E-state index contributed by atoms with van der Waals surface area (Å²) < 4.78 is 27.3. The number of quaternary nitrogens is 1. The highest BCUT2D eigenvalue weighted by Gasteiger charge is 2.19. The lowest BCUT2D eigenvalue weighted by atomic mass is 9.99. The molecule has 1 fully saturated rings. The maximum atomic E-state index is 12.3. The monoisotopic (exact) mass is 325 g/mol. The third-order valence-corrected chi connectivity index (χ3v) is 6.23. The predicted molar refractivity (Wildman–Crippen MR) is 89.7 cm³/mol. The largest absolute Gasteiger partial charge is 0.335 e. The molecular weight excluding hydrogens is 296 g/mol. The first-order valence-electron chi connectivity index (χ1n) is 8.29. The second-order valence-corrected chi connectivity index (χ2v) is 8.45. The number of sulfonamides is 1. The van der Waals surface area contributed by atoms with E-state index < -0.39 is 10.0 Å². The molecule has 0 unspecified atom stereocenters. The van der Waals surface area contributed by atoms with Gasteiger partial charge >= 0.3 is 0 Å². The first-order valence-corrected chi connectivity index (χ1v) is 9.77. The zero-order valence-corrected chi connectivity index (χ0v) is 14.8. The highest BCUT2D eigenvalue weighted by molar-refractivity contribution is 7.89. The lowest BCUT2D eigenvalue weighted by Gasteiger charge is -2.27. The van der Waals surface area contributed by atoms with Gasteiger partial charge in [0.15, 0.2) is 0 Å². The first-order chi connectivity index (χ1) is 10.4. The minimum absolute atomic E-state index is 0.370. The molecule has 0 bridgehead atoms. The van der Waals surface area contributed by atoms with Crippen molar-refractivity contribution in [1.82, 2.24) is 4.72 Å². The van der Waals surface area contributed by atoms with Crippen LogP contribution in [0.15, 0.2) is 23.1 Å². The summed E-state index contributed by atoms with van der Waals surface area (Å²) in [5.41, 5.74) is 2.12. The highest BCUT2D eigenvalue weighted by Crippen LogP contribution is 2.14. The van der Waals surface area contributed by atoms with Crippen LogP contribution in [-0.4, -0.2) is 34.6 Å². The van der Waals surface area contributed by atoms with E-state index in [1.54, 1.807) is 17.0 Å². The number of rotatable bonds is 6. The Morgan fingerprint density at radius 2 is 1.86 bits per heavy atom. The first kappa shape index (κ1) is 17.4. The maximum Gasteiger partial charge on any atom is 0.240 e. The van der Waals surface area contributed by atoms with Gasteiger partial charge in [0.25, 0.3) is 0 Å². The fraction of sp³-hybridized carbons (Fsp3) is 0.647. The van der Waals surface area contributed by atoms with Crippen LogP contribution in [0.5, 0.6) is 0 Å². The summed E-state index contributed by atoms with van der Waals surface area (Å²) in [5.74, 6) is 0.854. The smallest absolute Gasteiger partial charge is 0.240 e. The molecule has 0 spiro atoms. The molecule has 1 aromatic carbocycles. The Labute approximate surface area is 135 Å². The molecule has 0 radical (unpaired) electrons. The van der Waals surface area contributed by atoms with E-state index in [0.717, 1.165) is 30.0 Å². The molecule has 1 aliphatic heterocycles. The van der Waals surface area contributed by atoms with Crippen molar-refractivity contribution in [3.8, 4) is 0 Å². The van der Waals surface area contributed by atoms with Gasteiger partial charge in [0.05, 0.1) is 24.5 Å². The van der Waals surface area contributed by atoms with Gasteiger partial charge < -0.3 is 4.90 Å². The van der Waals surface area contributed by atoms with E-state index in [-0.39, 0.29) is 0 Å². The number of nitrogens with one attached hydrogen (secondary N) is 2. The van der Waals surface area contributed by atoms with E-state index in [1.807, 2.05) is 19.9 Å². The van der Waals surface area contributed by atoms with Crippen LogP contribution in [0, 0.1) is 19.8 Å². The molecule has 22 heavy (non-hydrogen) atoms. The molecule has 1 aliphatic rings. The van der Waals surface area contributed by atoms with Gasteiger partial charge in [-0.05, 0) is 55.9 Å². The lowest BCUT2D eigenvalue weighted by molar-refractivity contribution is -0.906. The van der Waals surface area contributed by atoms with Gasteiger partial charge in [-0.1, -0.05) is 13.0 Å². The van der Waals surface area contributed by atoms with E-state index in [0.29, 0.717) is 11.4 Å². The third kappa shape index (κ3) is 4.80. The number of hydrogen-bond donors (Lipinski definition) is 2. The van der Waals surface area contributed by atoms with Crippen LogP contribution in [0.3, 0.4) is 0 Å². The van der Waals surface area contributed by atoms with Crippen molar-refractivity contribution >= 4 is 10.0 Å². The normalized spacial score (nSPS) is 22.7. The van der Waals surface area contributed by atoms with Gasteiger partial charge in [0.1, 0.15) is 0 Å². The number of piperidine rings is 1. The molecule has 124 valence electrons. The van der Waals surface area contributed by atoms with Gasteiger partial charge in [-0.25, -0.2) is 13.1 Å². The van der Waals surface area contributed by atoms with Crippen LogP contribution >= 0.6 is 0 Å². The molecule has 1 saturated heterocycles. The van der Waals surface area contributed by atoms with E-state index in [1.165, 1.54) is 25.9 Å². The number of likely N-dealkylation sites (tertiary alicyclic amines) is 1. The van der Waals surface area contributed by atoms with Crippen molar-refractivity contribution in [2.24, 2.45) is 5.92 Å². The van der Waals surface area contributed by atoms with Crippen molar-refractivity contribution in [3.63, 3.8) is 0 Å². The average Bonchev–Trinajstić information content (AvgIpc) is 2.48. The number of benzene rings is 1. The molecule has 5 heteroatoms. The van der Waals surface area contributed by atoms with Crippen molar-refractivity contribution in [2.45, 2.75) is 44.9 Å². The number of hydrogen-bond acceptors (Lipinski definition) is 2. The topological polar surface area (TPSA) is 50.6 Å². The molecule has 0 amide bonds. The molecule has 2 rings (SSSR count). The quantitative estimate of drug-likeness (QED) is 0.774. The summed E-state index contributed by atoms with van der Waals surface area (Å²) in [6.07, 6.45) is 3.49. The summed E-state index contributed by atoms with van der Waals surface area (Å²) in [7, 11) is -3.37. The van der Waals surface area contributed by atoms with Gasteiger partial charge in [0.2, 0.25) is 10.0 Å². The molecular formula is C17H29N2O2S+. The van der Waals surface area contributed by atoms with Gasteiger partial charge in [-0.15, -0.1) is 0 Å². The molecule has 4 nitrogen and oxygen atoms in total. The van der Waals surface area contributed by atoms with Gasteiger partial charge in [-0.2, -0.15) is 0 Å². The Bertz CT molecular complexity index is 591. The van der Waals surface area contributed by atoms with Crippen LogP contribution in [0.25, 0.3) is 0 Å². The summed E-state index contributed by atoms with van der Waals surface area (Å²) in [4.78, 5) is 1.98. The van der Waals surface area contributed by atoms with Gasteiger partial charge in [-0.3, -0.25) is 0 Å². The predicted octanol–water partition coefficient (Wildman–Crippen LogP) is 1.29.